The molecule has 0 bridgehead atoms. The lowest BCUT2D eigenvalue weighted by atomic mass is 10.1. The molecule has 0 aliphatic heterocycles. The molecular formula is C15H11NO3S. The van der Waals surface area contributed by atoms with Crippen LogP contribution in [0.2, 0.25) is 0 Å². The van der Waals surface area contributed by atoms with Crippen molar-refractivity contribution >= 4 is 11.3 Å². The Kier molecular flexibility index (Phi) is 3.04. The number of phenolic OH excluding ortho intramolecular Hbond substituents is 3. The van der Waals surface area contributed by atoms with E-state index in [4.69, 9.17) is 0 Å². The molecule has 0 saturated heterocycles. The first kappa shape index (κ1) is 12.5. The zero-order valence-electron chi connectivity index (χ0n) is 10.3. The van der Waals surface area contributed by atoms with Crippen LogP contribution in [-0.2, 0) is 0 Å². The molecule has 100 valence electrons. The van der Waals surface area contributed by atoms with Gasteiger partial charge in [0.15, 0.2) is 11.5 Å². The Bertz CT molecular complexity index is 767. The van der Waals surface area contributed by atoms with Crippen LogP contribution in [0.15, 0.2) is 47.8 Å². The molecule has 1 aromatic heterocycles. The molecule has 1 heterocycles. The maximum Gasteiger partial charge on any atom is 0.158 e. The maximum absolute atomic E-state index is 9.51. The molecule has 3 N–H and O–H groups in total. The molecule has 0 radical (unpaired) electrons. The minimum absolute atomic E-state index is 0.155. The van der Waals surface area contributed by atoms with Crippen LogP contribution >= 0.6 is 11.3 Å². The van der Waals surface area contributed by atoms with Gasteiger partial charge in [0.25, 0.3) is 0 Å². The number of hydrogen-bond acceptors (Lipinski definition) is 5. The number of hydrogen-bond donors (Lipinski definition) is 3. The van der Waals surface area contributed by atoms with Gasteiger partial charge in [0.1, 0.15) is 10.8 Å². The van der Waals surface area contributed by atoms with Gasteiger partial charge in [-0.25, -0.2) is 4.98 Å². The van der Waals surface area contributed by atoms with Gasteiger partial charge in [-0.15, -0.1) is 11.3 Å². The molecule has 4 nitrogen and oxygen atoms in total. The lowest BCUT2D eigenvalue weighted by molar-refractivity contribution is 0.404. The summed E-state index contributed by atoms with van der Waals surface area (Å²) in [4.78, 5) is 4.48. The molecule has 0 saturated carbocycles. The van der Waals surface area contributed by atoms with E-state index in [-0.39, 0.29) is 17.2 Å². The highest BCUT2D eigenvalue weighted by Crippen LogP contribution is 2.33. The van der Waals surface area contributed by atoms with E-state index in [0.29, 0.717) is 5.69 Å². The maximum atomic E-state index is 9.51. The van der Waals surface area contributed by atoms with Crippen LogP contribution in [0.5, 0.6) is 17.2 Å². The van der Waals surface area contributed by atoms with Gasteiger partial charge in [0.2, 0.25) is 0 Å². The molecule has 0 atom stereocenters. The van der Waals surface area contributed by atoms with Gasteiger partial charge in [-0.05, 0) is 30.3 Å². The third-order valence-electron chi connectivity index (χ3n) is 2.87. The van der Waals surface area contributed by atoms with E-state index < -0.39 is 0 Å². The molecule has 3 rings (SSSR count). The van der Waals surface area contributed by atoms with Crippen LogP contribution in [-0.4, -0.2) is 20.3 Å². The van der Waals surface area contributed by atoms with E-state index in [2.05, 4.69) is 4.98 Å². The Hall–Kier alpha value is -2.53. The monoisotopic (exact) mass is 285 g/mol. The van der Waals surface area contributed by atoms with Crippen LogP contribution in [0.25, 0.3) is 21.8 Å². The zero-order valence-corrected chi connectivity index (χ0v) is 11.1. The summed E-state index contributed by atoms with van der Waals surface area (Å²) in [5.41, 5.74) is 2.27. The summed E-state index contributed by atoms with van der Waals surface area (Å²) in [6.07, 6.45) is 0. The van der Waals surface area contributed by atoms with E-state index in [0.717, 1.165) is 16.1 Å². The first-order chi connectivity index (χ1) is 9.63. The SMILES string of the molecule is Oc1cccc(-c2nc(-c3ccc(O)c(O)c3)cs2)c1. The quantitative estimate of drug-likeness (QED) is 0.629. The van der Waals surface area contributed by atoms with Crippen LogP contribution in [0.1, 0.15) is 0 Å². The third kappa shape index (κ3) is 2.31. The van der Waals surface area contributed by atoms with E-state index in [1.54, 1.807) is 24.3 Å². The highest BCUT2D eigenvalue weighted by molar-refractivity contribution is 7.13. The van der Waals surface area contributed by atoms with Gasteiger partial charge in [-0.3, -0.25) is 0 Å². The van der Waals surface area contributed by atoms with Crippen molar-refractivity contribution in [3.05, 3.63) is 47.8 Å². The van der Waals surface area contributed by atoms with Crippen molar-refractivity contribution in [2.75, 3.05) is 0 Å². The Morgan fingerprint density at radius 1 is 0.850 bits per heavy atom. The molecule has 0 aliphatic carbocycles. The molecular weight excluding hydrogens is 274 g/mol. The number of aromatic hydroxyl groups is 3. The molecule has 0 spiro atoms. The average molecular weight is 285 g/mol. The van der Waals surface area contributed by atoms with Crippen molar-refractivity contribution in [1.82, 2.24) is 4.98 Å². The summed E-state index contributed by atoms with van der Waals surface area (Å²) >= 11 is 1.45. The number of phenols is 3. The van der Waals surface area contributed by atoms with Crippen LogP contribution in [0.4, 0.5) is 0 Å². The molecule has 0 unspecified atom stereocenters. The molecule has 0 fully saturated rings. The van der Waals surface area contributed by atoms with E-state index in [9.17, 15) is 15.3 Å². The second kappa shape index (κ2) is 4.86. The Labute approximate surface area is 119 Å². The molecule has 5 heteroatoms. The number of thiazole rings is 1. The van der Waals surface area contributed by atoms with Gasteiger partial charge in [0, 0.05) is 16.5 Å². The minimum atomic E-state index is -0.172. The summed E-state index contributed by atoms with van der Waals surface area (Å²) in [6.45, 7) is 0. The minimum Gasteiger partial charge on any atom is -0.508 e. The van der Waals surface area contributed by atoms with Crippen LogP contribution < -0.4 is 0 Å². The van der Waals surface area contributed by atoms with Gasteiger partial charge >= 0.3 is 0 Å². The lowest BCUT2D eigenvalue weighted by Gasteiger charge is -2.00. The molecule has 0 aliphatic rings. The zero-order chi connectivity index (χ0) is 14.1. The van der Waals surface area contributed by atoms with Crippen LogP contribution in [0, 0.1) is 0 Å². The Balaban J connectivity index is 1.99. The molecule has 20 heavy (non-hydrogen) atoms. The summed E-state index contributed by atoms with van der Waals surface area (Å²) in [7, 11) is 0. The molecule has 3 aromatic rings. The average Bonchev–Trinajstić information content (AvgIpc) is 2.92. The second-order valence-corrected chi connectivity index (χ2v) is 5.15. The summed E-state index contributed by atoms with van der Waals surface area (Å²) in [5, 5.41) is 31.0. The topological polar surface area (TPSA) is 73.6 Å². The van der Waals surface area contributed by atoms with E-state index in [1.807, 2.05) is 11.4 Å². The fourth-order valence-electron chi connectivity index (χ4n) is 1.86. The molecule has 0 amide bonds. The fraction of sp³-hybridized carbons (Fsp3) is 0. The Morgan fingerprint density at radius 3 is 2.45 bits per heavy atom. The van der Waals surface area contributed by atoms with Crippen molar-refractivity contribution in [3.63, 3.8) is 0 Å². The second-order valence-electron chi connectivity index (χ2n) is 4.29. The highest BCUT2D eigenvalue weighted by Gasteiger charge is 2.09. The fourth-order valence-corrected chi connectivity index (χ4v) is 2.69. The standard InChI is InChI=1S/C15H11NO3S/c17-11-3-1-2-10(6-11)15-16-12(8-20-15)9-4-5-13(18)14(19)7-9/h1-8,17-19H. The van der Waals surface area contributed by atoms with Crippen molar-refractivity contribution < 1.29 is 15.3 Å². The summed E-state index contributed by atoms with van der Waals surface area (Å²) in [5.74, 6) is -0.131. The largest absolute Gasteiger partial charge is 0.508 e. The smallest absolute Gasteiger partial charge is 0.158 e. The Morgan fingerprint density at radius 2 is 1.70 bits per heavy atom. The van der Waals surface area contributed by atoms with Gasteiger partial charge in [0.05, 0.1) is 5.69 Å². The predicted octanol–water partition coefficient (Wildman–Crippen LogP) is 3.59. The van der Waals surface area contributed by atoms with Crippen molar-refractivity contribution in [2.45, 2.75) is 0 Å². The third-order valence-corrected chi connectivity index (χ3v) is 3.76. The normalized spacial score (nSPS) is 10.6. The highest BCUT2D eigenvalue weighted by atomic mass is 32.1. The predicted molar refractivity (Wildman–Crippen MR) is 78.0 cm³/mol. The van der Waals surface area contributed by atoms with Gasteiger partial charge in [-0.2, -0.15) is 0 Å². The number of rotatable bonds is 2. The van der Waals surface area contributed by atoms with Crippen LogP contribution in [0.3, 0.4) is 0 Å². The summed E-state index contributed by atoms with van der Waals surface area (Å²) in [6, 6.07) is 11.5. The summed E-state index contributed by atoms with van der Waals surface area (Å²) < 4.78 is 0. The van der Waals surface area contributed by atoms with Gasteiger partial charge < -0.3 is 15.3 Å². The first-order valence-corrected chi connectivity index (χ1v) is 6.79. The van der Waals surface area contributed by atoms with E-state index in [1.165, 1.54) is 23.5 Å². The van der Waals surface area contributed by atoms with Gasteiger partial charge in [-0.1, -0.05) is 12.1 Å². The van der Waals surface area contributed by atoms with Crippen molar-refractivity contribution in [2.24, 2.45) is 0 Å². The lowest BCUT2D eigenvalue weighted by Crippen LogP contribution is -1.80. The number of benzene rings is 2. The van der Waals surface area contributed by atoms with E-state index >= 15 is 0 Å². The first-order valence-electron chi connectivity index (χ1n) is 5.91. The number of nitrogens with zero attached hydrogens (tertiary/aromatic N) is 1. The number of aromatic nitrogens is 1. The molecule has 2 aromatic carbocycles. The van der Waals surface area contributed by atoms with Crippen molar-refractivity contribution in [1.29, 1.82) is 0 Å². The van der Waals surface area contributed by atoms with Crippen molar-refractivity contribution in [3.8, 4) is 39.1 Å².